The minimum atomic E-state index is -2.48. The summed E-state index contributed by atoms with van der Waals surface area (Å²) in [6.45, 7) is 1.27. The molecule has 0 aliphatic heterocycles. The number of aromatic amines is 1. The van der Waals surface area contributed by atoms with Gasteiger partial charge in [0.2, 0.25) is 5.95 Å². The molecule has 0 atom stereocenters. The van der Waals surface area contributed by atoms with Gasteiger partial charge in [-0.1, -0.05) is 0 Å². The summed E-state index contributed by atoms with van der Waals surface area (Å²) in [6.07, 6.45) is 5.54. The molecule has 0 bridgehead atoms. The smallest absolute Gasteiger partial charge is 0.256 e. The number of H-pyrrole nitrogens is 1. The Morgan fingerprint density at radius 1 is 1.19 bits per heavy atom. The number of ether oxygens (including phenoxy) is 1. The van der Waals surface area contributed by atoms with Gasteiger partial charge >= 0.3 is 0 Å². The van der Waals surface area contributed by atoms with Gasteiger partial charge < -0.3 is 19.6 Å². The maximum atomic E-state index is 13.0. The summed E-state index contributed by atoms with van der Waals surface area (Å²) in [5.41, 5.74) is 3.21. The molecule has 4 heterocycles. The standard InChI is InChI=1S/C22H25F2N7O/c1-12-27-18-8-7-17(29-21(18)31(12)11-19(23)24)15-9-25-20-16(15)10-26-22(30-20)28-13-3-5-14(32-2)6-4-13/h7-10,13-14,19H,3-6,11H2,1-2H3,(H2,25,26,28,30). The number of hydrogen-bond acceptors (Lipinski definition) is 6. The lowest BCUT2D eigenvalue weighted by atomic mass is 9.93. The molecular weight excluding hydrogens is 416 g/mol. The highest BCUT2D eigenvalue weighted by Crippen LogP contribution is 2.29. The number of imidazole rings is 1. The Bertz CT molecular complexity index is 1240. The molecule has 0 aromatic carbocycles. The van der Waals surface area contributed by atoms with Gasteiger partial charge in [-0.15, -0.1) is 0 Å². The average molecular weight is 441 g/mol. The van der Waals surface area contributed by atoms with Crippen molar-refractivity contribution >= 4 is 28.1 Å². The fourth-order valence-corrected chi connectivity index (χ4v) is 4.44. The van der Waals surface area contributed by atoms with Gasteiger partial charge in [-0.25, -0.2) is 23.7 Å². The molecule has 168 valence electrons. The zero-order valence-electron chi connectivity index (χ0n) is 18.0. The number of nitrogens with zero attached hydrogens (tertiary/aromatic N) is 5. The first kappa shape index (κ1) is 20.7. The van der Waals surface area contributed by atoms with Crippen LogP contribution in [0.2, 0.25) is 0 Å². The summed E-state index contributed by atoms with van der Waals surface area (Å²) in [6, 6.07) is 3.97. The molecule has 0 spiro atoms. The van der Waals surface area contributed by atoms with Gasteiger partial charge in [0.1, 0.15) is 17.0 Å². The minimum absolute atomic E-state index is 0.329. The fourth-order valence-electron chi connectivity index (χ4n) is 4.44. The molecule has 2 N–H and O–H groups in total. The molecule has 0 amide bonds. The number of halogens is 2. The van der Waals surface area contributed by atoms with Crippen LogP contribution in [0.1, 0.15) is 31.5 Å². The van der Waals surface area contributed by atoms with Gasteiger partial charge in [-0.2, -0.15) is 4.98 Å². The fraction of sp³-hybridized carbons (Fsp3) is 0.455. The normalized spacial score (nSPS) is 19.3. The van der Waals surface area contributed by atoms with Crippen LogP contribution in [-0.2, 0) is 11.3 Å². The third kappa shape index (κ3) is 3.90. The lowest BCUT2D eigenvalue weighted by molar-refractivity contribution is 0.0681. The predicted molar refractivity (Wildman–Crippen MR) is 118 cm³/mol. The van der Waals surface area contributed by atoms with Gasteiger partial charge in [0.25, 0.3) is 6.43 Å². The average Bonchev–Trinajstić information content (AvgIpc) is 3.34. The number of aromatic nitrogens is 6. The van der Waals surface area contributed by atoms with Crippen molar-refractivity contribution in [2.45, 2.75) is 57.7 Å². The van der Waals surface area contributed by atoms with Gasteiger partial charge in [-0.05, 0) is 44.7 Å². The quantitative estimate of drug-likeness (QED) is 0.463. The second kappa shape index (κ2) is 8.42. The second-order valence-electron chi connectivity index (χ2n) is 8.21. The van der Waals surface area contributed by atoms with Crippen LogP contribution in [0.25, 0.3) is 33.5 Å². The number of rotatable bonds is 6. The molecule has 0 unspecified atom stereocenters. The van der Waals surface area contributed by atoms with Crippen molar-refractivity contribution < 1.29 is 13.5 Å². The van der Waals surface area contributed by atoms with E-state index in [4.69, 9.17) is 4.74 Å². The van der Waals surface area contributed by atoms with Gasteiger partial charge in [0.15, 0.2) is 5.65 Å². The molecule has 4 aromatic rings. The summed E-state index contributed by atoms with van der Waals surface area (Å²) < 4.78 is 32.9. The van der Waals surface area contributed by atoms with Crippen molar-refractivity contribution in [3.8, 4) is 11.3 Å². The van der Waals surface area contributed by atoms with Crippen LogP contribution in [0, 0.1) is 6.92 Å². The van der Waals surface area contributed by atoms with Crippen molar-refractivity contribution in [1.82, 2.24) is 29.5 Å². The van der Waals surface area contributed by atoms with E-state index in [-0.39, 0.29) is 0 Å². The summed E-state index contributed by atoms with van der Waals surface area (Å²) >= 11 is 0. The highest BCUT2D eigenvalue weighted by Gasteiger charge is 2.22. The van der Waals surface area contributed by atoms with Crippen molar-refractivity contribution in [2.75, 3.05) is 12.4 Å². The highest BCUT2D eigenvalue weighted by atomic mass is 19.3. The van der Waals surface area contributed by atoms with E-state index < -0.39 is 13.0 Å². The first-order valence-electron chi connectivity index (χ1n) is 10.8. The lowest BCUT2D eigenvalue weighted by Gasteiger charge is -2.28. The largest absolute Gasteiger partial charge is 0.381 e. The maximum Gasteiger partial charge on any atom is 0.256 e. The van der Waals surface area contributed by atoms with Gasteiger partial charge in [0.05, 0.1) is 18.3 Å². The number of pyridine rings is 1. The van der Waals surface area contributed by atoms with Crippen molar-refractivity contribution in [3.63, 3.8) is 0 Å². The Morgan fingerprint density at radius 3 is 2.75 bits per heavy atom. The number of anilines is 1. The van der Waals surface area contributed by atoms with Crippen LogP contribution in [0.15, 0.2) is 24.5 Å². The molecule has 1 aliphatic carbocycles. The Balaban J connectivity index is 1.42. The number of hydrogen-bond donors (Lipinski definition) is 2. The van der Waals surface area contributed by atoms with E-state index in [1.54, 1.807) is 26.3 Å². The monoisotopic (exact) mass is 441 g/mol. The third-order valence-electron chi connectivity index (χ3n) is 6.15. The van der Waals surface area contributed by atoms with Crippen LogP contribution in [0.5, 0.6) is 0 Å². The van der Waals surface area contributed by atoms with E-state index in [0.717, 1.165) is 36.6 Å². The minimum Gasteiger partial charge on any atom is -0.381 e. The zero-order chi connectivity index (χ0) is 22.2. The van der Waals surface area contributed by atoms with E-state index in [2.05, 4.69) is 30.2 Å². The van der Waals surface area contributed by atoms with Crippen molar-refractivity contribution in [2.24, 2.45) is 0 Å². The molecular formula is C22H25F2N7O. The van der Waals surface area contributed by atoms with Gasteiger partial charge in [0, 0.05) is 36.5 Å². The Kier molecular flexibility index (Phi) is 5.46. The van der Waals surface area contributed by atoms with Gasteiger partial charge in [-0.3, -0.25) is 0 Å². The van der Waals surface area contributed by atoms with Crippen LogP contribution >= 0.6 is 0 Å². The molecule has 8 nitrogen and oxygen atoms in total. The SMILES string of the molecule is COC1CCC(Nc2ncc3c(-c4ccc5nc(C)n(CC(F)F)c5n4)c[nH]c3n2)CC1. The Hall–Kier alpha value is -3.14. The zero-order valence-corrected chi connectivity index (χ0v) is 18.0. The first-order chi connectivity index (χ1) is 15.5. The molecule has 32 heavy (non-hydrogen) atoms. The molecule has 0 radical (unpaired) electrons. The second-order valence-corrected chi connectivity index (χ2v) is 8.21. The number of nitrogens with one attached hydrogen (secondary N) is 2. The molecule has 10 heteroatoms. The van der Waals surface area contributed by atoms with Crippen LogP contribution in [0.4, 0.5) is 14.7 Å². The Labute approximate surface area is 183 Å². The summed E-state index contributed by atoms with van der Waals surface area (Å²) in [5, 5.41) is 4.24. The molecule has 5 rings (SSSR count). The topological polar surface area (TPSA) is 93.5 Å². The number of fused-ring (bicyclic) bond motifs is 2. The summed E-state index contributed by atoms with van der Waals surface area (Å²) in [4.78, 5) is 21.3. The van der Waals surface area contributed by atoms with E-state index in [1.807, 2.05) is 12.3 Å². The molecule has 1 saturated carbocycles. The molecule has 1 fully saturated rings. The molecule has 0 saturated heterocycles. The number of aryl methyl sites for hydroxylation is 1. The first-order valence-corrected chi connectivity index (χ1v) is 10.8. The number of alkyl halides is 2. The Morgan fingerprint density at radius 2 is 2.00 bits per heavy atom. The van der Waals surface area contributed by atoms with Crippen molar-refractivity contribution in [1.29, 1.82) is 0 Å². The maximum absolute atomic E-state index is 13.0. The molecule has 4 aromatic heterocycles. The predicted octanol–water partition coefficient (Wildman–Crippen LogP) is 4.31. The van der Waals surface area contributed by atoms with Crippen LogP contribution in [-0.4, -0.2) is 55.2 Å². The lowest BCUT2D eigenvalue weighted by Crippen LogP contribution is -2.29. The van der Waals surface area contributed by atoms with E-state index in [0.29, 0.717) is 46.4 Å². The van der Waals surface area contributed by atoms with E-state index in [1.165, 1.54) is 4.57 Å². The summed E-state index contributed by atoms with van der Waals surface area (Å²) in [5.74, 6) is 1.10. The van der Waals surface area contributed by atoms with Crippen LogP contribution < -0.4 is 5.32 Å². The van der Waals surface area contributed by atoms with E-state index in [9.17, 15) is 8.78 Å². The summed E-state index contributed by atoms with van der Waals surface area (Å²) in [7, 11) is 1.76. The number of methoxy groups -OCH3 is 1. The molecule has 1 aliphatic rings. The van der Waals surface area contributed by atoms with E-state index >= 15 is 0 Å². The van der Waals surface area contributed by atoms with Crippen molar-refractivity contribution in [3.05, 3.63) is 30.4 Å². The third-order valence-corrected chi connectivity index (χ3v) is 6.15. The highest BCUT2D eigenvalue weighted by molar-refractivity contribution is 5.93. The van der Waals surface area contributed by atoms with Crippen LogP contribution in [0.3, 0.4) is 0 Å².